The Morgan fingerprint density at radius 2 is 1.71 bits per heavy atom. The molecule has 0 bridgehead atoms. The fourth-order valence-electron chi connectivity index (χ4n) is 3.21. The van der Waals surface area contributed by atoms with Crippen LogP contribution in [0, 0.1) is 12.8 Å². The number of piperidine rings is 1. The summed E-state index contributed by atoms with van der Waals surface area (Å²) >= 11 is 0. The lowest BCUT2D eigenvalue weighted by Gasteiger charge is -2.32. The van der Waals surface area contributed by atoms with E-state index in [9.17, 15) is 9.59 Å². The van der Waals surface area contributed by atoms with Gasteiger partial charge in [-0.2, -0.15) is 0 Å². The quantitative estimate of drug-likeness (QED) is 0.865. The maximum atomic E-state index is 12.5. The minimum Gasteiger partial charge on any atom is -0.350 e. The van der Waals surface area contributed by atoms with Crippen LogP contribution in [0.25, 0.3) is 0 Å². The predicted molar refractivity (Wildman–Crippen MR) is 94.7 cm³/mol. The van der Waals surface area contributed by atoms with Crippen LogP contribution in [0.1, 0.15) is 48.5 Å². The summed E-state index contributed by atoms with van der Waals surface area (Å²) in [4.78, 5) is 26.4. The van der Waals surface area contributed by atoms with Crippen molar-refractivity contribution in [3.05, 3.63) is 47.0 Å². The van der Waals surface area contributed by atoms with Gasteiger partial charge in [-0.1, -0.05) is 23.3 Å². The molecule has 0 aromatic heterocycles. The van der Waals surface area contributed by atoms with Crippen molar-refractivity contribution < 1.29 is 9.59 Å². The molecule has 1 heterocycles. The van der Waals surface area contributed by atoms with Gasteiger partial charge in [0, 0.05) is 30.8 Å². The van der Waals surface area contributed by atoms with E-state index < -0.39 is 0 Å². The monoisotopic (exact) mass is 326 g/mol. The third-order valence-electron chi connectivity index (χ3n) is 5.01. The highest BCUT2D eigenvalue weighted by Gasteiger charge is 2.26. The first-order chi connectivity index (χ1) is 11.5. The molecule has 1 aliphatic carbocycles. The summed E-state index contributed by atoms with van der Waals surface area (Å²) in [6.45, 7) is 5.45. The van der Waals surface area contributed by atoms with Gasteiger partial charge in [0.25, 0.3) is 5.91 Å². The molecule has 1 saturated carbocycles. The molecule has 2 aliphatic rings. The van der Waals surface area contributed by atoms with E-state index >= 15 is 0 Å². The molecule has 1 aromatic carbocycles. The average molecular weight is 326 g/mol. The van der Waals surface area contributed by atoms with E-state index in [1.54, 1.807) is 6.08 Å². The molecule has 3 rings (SSSR count). The van der Waals surface area contributed by atoms with Crippen molar-refractivity contribution in [3.8, 4) is 0 Å². The second-order valence-corrected chi connectivity index (χ2v) is 7.10. The van der Waals surface area contributed by atoms with E-state index in [0.717, 1.165) is 24.0 Å². The number of aryl methyl sites for hydroxylation is 1. The molecule has 0 atom stereocenters. The second kappa shape index (κ2) is 7.20. The number of carbonyl (C=O) groups excluding carboxylic acids is 2. The first-order valence-corrected chi connectivity index (χ1v) is 8.87. The summed E-state index contributed by atoms with van der Waals surface area (Å²) in [6.07, 6.45) is 5.82. The van der Waals surface area contributed by atoms with Crippen molar-refractivity contribution in [2.45, 2.75) is 45.6 Å². The summed E-state index contributed by atoms with van der Waals surface area (Å²) in [7, 11) is 0. The second-order valence-electron chi connectivity index (χ2n) is 7.10. The zero-order chi connectivity index (χ0) is 17.1. The van der Waals surface area contributed by atoms with E-state index in [1.165, 1.54) is 18.4 Å². The van der Waals surface area contributed by atoms with E-state index in [4.69, 9.17) is 0 Å². The van der Waals surface area contributed by atoms with Crippen molar-refractivity contribution in [2.75, 3.05) is 13.1 Å². The molecule has 1 aliphatic heterocycles. The summed E-state index contributed by atoms with van der Waals surface area (Å²) in [6, 6.07) is 7.88. The Hall–Kier alpha value is -2.10. The van der Waals surface area contributed by atoms with Gasteiger partial charge >= 0.3 is 0 Å². The van der Waals surface area contributed by atoms with Crippen LogP contribution >= 0.6 is 0 Å². The molecular weight excluding hydrogens is 300 g/mol. The van der Waals surface area contributed by atoms with Gasteiger partial charge in [0.2, 0.25) is 5.91 Å². The fraction of sp³-hybridized carbons (Fsp3) is 0.500. The topological polar surface area (TPSA) is 49.4 Å². The Morgan fingerprint density at radius 3 is 2.29 bits per heavy atom. The highest BCUT2D eigenvalue weighted by atomic mass is 16.2. The Morgan fingerprint density at radius 1 is 1.08 bits per heavy atom. The minimum atomic E-state index is 0.0164. The highest BCUT2D eigenvalue weighted by molar-refractivity contribution is 5.94. The van der Waals surface area contributed by atoms with Gasteiger partial charge in [-0.25, -0.2) is 0 Å². The van der Waals surface area contributed by atoms with Crippen LogP contribution < -0.4 is 5.32 Å². The van der Waals surface area contributed by atoms with Gasteiger partial charge in [0.05, 0.1) is 0 Å². The summed E-state index contributed by atoms with van der Waals surface area (Å²) < 4.78 is 0. The molecule has 2 fully saturated rings. The van der Waals surface area contributed by atoms with Gasteiger partial charge in [-0.15, -0.1) is 0 Å². The van der Waals surface area contributed by atoms with E-state index in [2.05, 4.69) is 5.32 Å². The number of nitrogens with zero attached hydrogens (tertiary/aromatic N) is 1. The number of amides is 2. The number of rotatable bonds is 4. The molecule has 0 unspecified atom stereocenters. The standard InChI is InChI=1S/C20H26N2O2/c1-14-3-5-17(6-4-14)20(24)22-11-9-18(10-12-22)21-19(23)13-15(2)16-7-8-16/h3-6,13,16,18H,7-12H2,1-2H3,(H,21,23). The lowest BCUT2D eigenvalue weighted by Crippen LogP contribution is -2.46. The molecule has 1 saturated heterocycles. The van der Waals surface area contributed by atoms with Gasteiger partial charge in [-0.05, 0) is 57.6 Å². The Kier molecular flexibility index (Phi) is 5.03. The predicted octanol–water partition coefficient (Wildman–Crippen LogP) is 3.07. The van der Waals surface area contributed by atoms with Crippen LogP contribution in [0.2, 0.25) is 0 Å². The lowest BCUT2D eigenvalue weighted by molar-refractivity contribution is -0.117. The third kappa shape index (κ3) is 4.25. The van der Waals surface area contributed by atoms with Crippen molar-refractivity contribution in [2.24, 2.45) is 5.92 Å². The molecule has 1 N–H and O–H groups in total. The fourth-order valence-corrected chi connectivity index (χ4v) is 3.21. The normalized spacial score (nSPS) is 19.2. The van der Waals surface area contributed by atoms with Crippen LogP contribution in [0.5, 0.6) is 0 Å². The van der Waals surface area contributed by atoms with Crippen molar-refractivity contribution in [1.82, 2.24) is 10.2 Å². The van der Waals surface area contributed by atoms with E-state index in [-0.39, 0.29) is 17.9 Å². The van der Waals surface area contributed by atoms with Crippen LogP contribution in [-0.4, -0.2) is 35.8 Å². The number of allylic oxidation sites excluding steroid dienone is 1. The first-order valence-electron chi connectivity index (χ1n) is 8.87. The largest absolute Gasteiger partial charge is 0.350 e. The van der Waals surface area contributed by atoms with Crippen molar-refractivity contribution in [1.29, 1.82) is 0 Å². The Bertz CT molecular complexity index is 636. The van der Waals surface area contributed by atoms with Crippen LogP contribution in [0.4, 0.5) is 0 Å². The van der Waals surface area contributed by atoms with Gasteiger partial charge < -0.3 is 10.2 Å². The molecule has 128 valence electrons. The SMILES string of the molecule is CC(=CC(=O)NC1CCN(C(=O)c2ccc(C)cc2)CC1)C1CC1. The number of carbonyl (C=O) groups is 2. The van der Waals surface area contributed by atoms with Gasteiger partial charge in [-0.3, -0.25) is 9.59 Å². The number of likely N-dealkylation sites (tertiary alicyclic amines) is 1. The maximum Gasteiger partial charge on any atom is 0.253 e. The Labute approximate surface area is 143 Å². The van der Waals surface area contributed by atoms with Crippen molar-refractivity contribution >= 4 is 11.8 Å². The zero-order valence-electron chi connectivity index (χ0n) is 14.5. The Balaban J connectivity index is 1.48. The summed E-state index contributed by atoms with van der Waals surface area (Å²) in [5.41, 5.74) is 3.09. The molecule has 4 heteroatoms. The van der Waals surface area contributed by atoms with Crippen LogP contribution in [0.15, 0.2) is 35.9 Å². The van der Waals surface area contributed by atoms with Crippen molar-refractivity contribution in [3.63, 3.8) is 0 Å². The number of nitrogens with one attached hydrogen (secondary N) is 1. The number of benzene rings is 1. The molecule has 1 aromatic rings. The number of hydrogen-bond acceptors (Lipinski definition) is 2. The van der Waals surface area contributed by atoms with E-state index in [0.29, 0.717) is 19.0 Å². The van der Waals surface area contributed by atoms with Crippen LogP contribution in [-0.2, 0) is 4.79 Å². The lowest BCUT2D eigenvalue weighted by atomic mass is 10.0. The average Bonchev–Trinajstić information content (AvgIpc) is 3.40. The maximum absolute atomic E-state index is 12.5. The van der Waals surface area contributed by atoms with E-state index in [1.807, 2.05) is 43.0 Å². The molecular formula is C20H26N2O2. The van der Waals surface area contributed by atoms with Crippen LogP contribution in [0.3, 0.4) is 0 Å². The minimum absolute atomic E-state index is 0.0164. The molecule has 24 heavy (non-hydrogen) atoms. The van der Waals surface area contributed by atoms with Gasteiger partial charge in [0.1, 0.15) is 0 Å². The third-order valence-corrected chi connectivity index (χ3v) is 5.01. The molecule has 0 radical (unpaired) electrons. The summed E-state index contributed by atoms with van der Waals surface area (Å²) in [5.74, 6) is 0.733. The summed E-state index contributed by atoms with van der Waals surface area (Å²) in [5, 5.41) is 3.09. The number of hydrogen-bond donors (Lipinski definition) is 1. The molecule has 4 nitrogen and oxygen atoms in total. The van der Waals surface area contributed by atoms with Gasteiger partial charge in [0.15, 0.2) is 0 Å². The first kappa shape index (κ1) is 16.7. The smallest absolute Gasteiger partial charge is 0.253 e. The highest BCUT2D eigenvalue weighted by Crippen LogP contribution is 2.35. The molecule has 0 spiro atoms. The zero-order valence-corrected chi connectivity index (χ0v) is 14.5. The molecule has 2 amide bonds.